The van der Waals surface area contributed by atoms with Gasteiger partial charge < -0.3 is 4.74 Å². The van der Waals surface area contributed by atoms with E-state index in [1.165, 1.54) is 0 Å². The summed E-state index contributed by atoms with van der Waals surface area (Å²) in [7, 11) is 0. The molecule has 0 bridgehead atoms. The highest BCUT2D eigenvalue weighted by Crippen LogP contribution is 2.25. The standard InChI is InChI=1S/C20H16ClNO/c21-18-10-12-20(23-15-16-6-2-1-3-7-16)17(14-18)9-11-19-8-4-5-13-22-19/h1-14H,15H2. The zero-order chi connectivity index (χ0) is 15.9. The molecule has 0 saturated carbocycles. The number of ether oxygens (including phenoxy) is 1. The predicted octanol–water partition coefficient (Wildman–Crippen LogP) is 5.48. The molecule has 0 aliphatic heterocycles. The average Bonchev–Trinajstić information content (AvgIpc) is 2.61. The fourth-order valence-electron chi connectivity index (χ4n) is 2.17. The number of halogens is 1. The van der Waals surface area contributed by atoms with Crippen molar-refractivity contribution < 1.29 is 4.74 Å². The van der Waals surface area contributed by atoms with E-state index in [-0.39, 0.29) is 0 Å². The number of aromatic nitrogens is 1. The Kier molecular flexibility index (Phi) is 5.07. The first-order valence-electron chi connectivity index (χ1n) is 7.37. The summed E-state index contributed by atoms with van der Waals surface area (Å²) in [5.41, 5.74) is 2.95. The average molecular weight is 322 g/mol. The van der Waals surface area contributed by atoms with Crippen molar-refractivity contribution in [2.75, 3.05) is 0 Å². The van der Waals surface area contributed by atoms with Crippen LogP contribution in [0.4, 0.5) is 0 Å². The lowest BCUT2D eigenvalue weighted by molar-refractivity contribution is 0.305. The Bertz CT molecular complexity index is 785. The highest BCUT2D eigenvalue weighted by Gasteiger charge is 2.03. The van der Waals surface area contributed by atoms with E-state index < -0.39 is 0 Å². The quantitative estimate of drug-likeness (QED) is 0.620. The first-order valence-corrected chi connectivity index (χ1v) is 7.74. The van der Waals surface area contributed by atoms with E-state index in [0.717, 1.165) is 22.6 Å². The number of rotatable bonds is 5. The Morgan fingerprint density at radius 1 is 0.913 bits per heavy atom. The van der Waals surface area contributed by atoms with Crippen molar-refractivity contribution in [2.24, 2.45) is 0 Å². The Morgan fingerprint density at radius 2 is 1.74 bits per heavy atom. The lowest BCUT2D eigenvalue weighted by atomic mass is 10.1. The highest BCUT2D eigenvalue weighted by molar-refractivity contribution is 6.30. The minimum Gasteiger partial charge on any atom is -0.488 e. The zero-order valence-corrected chi connectivity index (χ0v) is 13.3. The van der Waals surface area contributed by atoms with Gasteiger partial charge in [-0.1, -0.05) is 48.0 Å². The summed E-state index contributed by atoms with van der Waals surface area (Å²) >= 11 is 6.11. The summed E-state index contributed by atoms with van der Waals surface area (Å²) in [5.74, 6) is 0.797. The lowest BCUT2D eigenvalue weighted by Crippen LogP contribution is -1.96. The van der Waals surface area contributed by atoms with E-state index in [2.05, 4.69) is 4.98 Å². The predicted molar refractivity (Wildman–Crippen MR) is 95.4 cm³/mol. The molecular formula is C20H16ClNO. The third kappa shape index (κ3) is 4.44. The SMILES string of the molecule is Clc1ccc(OCc2ccccc2)c(C=Cc2ccccn2)c1. The van der Waals surface area contributed by atoms with Gasteiger partial charge in [-0.05, 0) is 48.0 Å². The number of benzene rings is 2. The molecule has 0 amide bonds. The van der Waals surface area contributed by atoms with E-state index in [4.69, 9.17) is 16.3 Å². The molecule has 0 unspecified atom stereocenters. The first-order chi connectivity index (χ1) is 11.3. The molecular weight excluding hydrogens is 306 g/mol. The van der Waals surface area contributed by atoms with E-state index in [0.29, 0.717) is 11.6 Å². The molecule has 0 atom stereocenters. The summed E-state index contributed by atoms with van der Waals surface area (Å²) in [6.07, 6.45) is 5.68. The molecule has 23 heavy (non-hydrogen) atoms. The molecule has 0 N–H and O–H groups in total. The molecule has 3 rings (SSSR count). The number of nitrogens with zero attached hydrogens (tertiary/aromatic N) is 1. The molecule has 0 aliphatic rings. The summed E-state index contributed by atoms with van der Waals surface area (Å²) in [4.78, 5) is 4.28. The van der Waals surface area contributed by atoms with Crippen molar-refractivity contribution in [3.8, 4) is 5.75 Å². The fourth-order valence-corrected chi connectivity index (χ4v) is 2.35. The van der Waals surface area contributed by atoms with Crippen LogP contribution in [0.25, 0.3) is 12.2 Å². The Morgan fingerprint density at radius 3 is 2.52 bits per heavy atom. The first kappa shape index (κ1) is 15.3. The van der Waals surface area contributed by atoms with Crippen LogP contribution in [0.2, 0.25) is 5.02 Å². The molecule has 0 radical (unpaired) electrons. The largest absolute Gasteiger partial charge is 0.488 e. The van der Waals surface area contributed by atoms with Crippen molar-refractivity contribution >= 4 is 23.8 Å². The minimum atomic E-state index is 0.521. The second-order valence-corrected chi connectivity index (χ2v) is 5.48. The maximum absolute atomic E-state index is 6.11. The third-order valence-corrected chi connectivity index (χ3v) is 3.57. The maximum atomic E-state index is 6.11. The second-order valence-electron chi connectivity index (χ2n) is 5.04. The van der Waals surface area contributed by atoms with Gasteiger partial charge in [-0.25, -0.2) is 0 Å². The van der Waals surface area contributed by atoms with Crippen molar-refractivity contribution in [3.63, 3.8) is 0 Å². The Balaban J connectivity index is 1.79. The van der Waals surface area contributed by atoms with E-state index in [1.54, 1.807) is 6.20 Å². The molecule has 0 spiro atoms. The molecule has 114 valence electrons. The topological polar surface area (TPSA) is 22.1 Å². The van der Waals surface area contributed by atoms with Gasteiger partial charge in [0.15, 0.2) is 0 Å². The van der Waals surface area contributed by atoms with E-state index in [9.17, 15) is 0 Å². The van der Waals surface area contributed by atoms with E-state index >= 15 is 0 Å². The van der Waals surface area contributed by atoms with Crippen LogP contribution in [0.3, 0.4) is 0 Å². The normalized spacial score (nSPS) is 10.8. The Hall–Kier alpha value is -2.58. The lowest BCUT2D eigenvalue weighted by Gasteiger charge is -2.10. The van der Waals surface area contributed by atoms with Gasteiger partial charge in [0, 0.05) is 16.8 Å². The van der Waals surface area contributed by atoms with Crippen LogP contribution in [0.5, 0.6) is 5.75 Å². The van der Waals surface area contributed by atoms with Crippen LogP contribution in [0.15, 0.2) is 72.9 Å². The van der Waals surface area contributed by atoms with Crippen molar-refractivity contribution in [3.05, 3.63) is 94.8 Å². The van der Waals surface area contributed by atoms with Crippen LogP contribution in [-0.2, 0) is 6.61 Å². The van der Waals surface area contributed by atoms with Gasteiger partial charge >= 0.3 is 0 Å². The molecule has 3 heteroatoms. The number of hydrogen-bond acceptors (Lipinski definition) is 2. The van der Waals surface area contributed by atoms with Crippen molar-refractivity contribution in [1.29, 1.82) is 0 Å². The third-order valence-electron chi connectivity index (χ3n) is 3.33. The van der Waals surface area contributed by atoms with Gasteiger partial charge in [0.1, 0.15) is 12.4 Å². The molecule has 1 aromatic heterocycles. The second kappa shape index (κ2) is 7.61. The van der Waals surface area contributed by atoms with Gasteiger partial charge in [-0.15, -0.1) is 0 Å². The van der Waals surface area contributed by atoms with Crippen LogP contribution in [0, 0.1) is 0 Å². The summed E-state index contributed by atoms with van der Waals surface area (Å²) < 4.78 is 5.94. The highest BCUT2D eigenvalue weighted by atomic mass is 35.5. The molecule has 0 saturated heterocycles. The van der Waals surface area contributed by atoms with Gasteiger partial charge in [-0.2, -0.15) is 0 Å². The van der Waals surface area contributed by atoms with Gasteiger partial charge in [-0.3, -0.25) is 4.98 Å². The van der Waals surface area contributed by atoms with Crippen LogP contribution in [-0.4, -0.2) is 4.98 Å². The molecule has 2 aromatic carbocycles. The van der Waals surface area contributed by atoms with Crippen LogP contribution in [0.1, 0.15) is 16.8 Å². The van der Waals surface area contributed by atoms with Crippen LogP contribution < -0.4 is 4.74 Å². The summed E-state index contributed by atoms with van der Waals surface area (Å²) in [6, 6.07) is 21.5. The molecule has 2 nitrogen and oxygen atoms in total. The van der Waals surface area contributed by atoms with Gasteiger partial charge in [0.05, 0.1) is 5.69 Å². The summed E-state index contributed by atoms with van der Waals surface area (Å²) in [6.45, 7) is 0.521. The molecule has 3 aromatic rings. The monoisotopic (exact) mass is 321 g/mol. The van der Waals surface area contributed by atoms with Crippen molar-refractivity contribution in [2.45, 2.75) is 6.61 Å². The van der Waals surface area contributed by atoms with E-state index in [1.807, 2.05) is 78.9 Å². The van der Waals surface area contributed by atoms with Crippen LogP contribution >= 0.6 is 11.6 Å². The zero-order valence-electron chi connectivity index (χ0n) is 12.5. The Labute approximate surface area is 141 Å². The van der Waals surface area contributed by atoms with Gasteiger partial charge in [0.2, 0.25) is 0 Å². The molecule has 0 fully saturated rings. The summed E-state index contributed by atoms with van der Waals surface area (Å²) in [5, 5.41) is 0.678. The molecule has 1 heterocycles. The minimum absolute atomic E-state index is 0.521. The van der Waals surface area contributed by atoms with Gasteiger partial charge in [0.25, 0.3) is 0 Å². The maximum Gasteiger partial charge on any atom is 0.127 e. The van der Waals surface area contributed by atoms with Crippen molar-refractivity contribution in [1.82, 2.24) is 4.98 Å². The molecule has 0 aliphatic carbocycles. The number of pyridine rings is 1. The number of hydrogen-bond donors (Lipinski definition) is 0. The smallest absolute Gasteiger partial charge is 0.127 e. The fraction of sp³-hybridized carbons (Fsp3) is 0.0500.